The van der Waals surface area contributed by atoms with Crippen LogP contribution in [0.1, 0.15) is 27.0 Å². The van der Waals surface area contributed by atoms with Crippen molar-refractivity contribution in [2.24, 2.45) is 0 Å². The van der Waals surface area contributed by atoms with E-state index in [2.05, 4.69) is 0 Å². The molecule has 0 atom stereocenters. The smallest absolute Gasteiger partial charge is 0.339 e. The summed E-state index contributed by atoms with van der Waals surface area (Å²) in [5, 5.41) is 9.21. The first kappa shape index (κ1) is 16.0. The van der Waals surface area contributed by atoms with Gasteiger partial charge >= 0.3 is 16.1 Å². The third-order valence-electron chi connectivity index (χ3n) is 3.41. The van der Waals surface area contributed by atoms with E-state index < -0.39 is 16.1 Å². The van der Waals surface area contributed by atoms with Crippen LogP contribution in [0, 0.1) is 20.8 Å². The first-order valence-corrected chi connectivity index (χ1v) is 7.98. The van der Waals surface area contributed by atoms with Crippen molar-refractivity contribution < 1.29 is 22.5 Å². The van der Waals surface area contributed by atoms with Gasteiger partial charge in [-0.15, -0.1) is 0 Å². The lowest BCUT2D eigenvalue weighted by molar-refractivity contribution is 0.0695. The van der Waals surface area contributed by atoms with Crippen LogP contribution in [0.5, 0.6) is 5.75 Å². The minimum Gasteiger partial charge on any atom is -0.478 e. The molecule has 2 rings (SSSR count). The molecule has 2 aromatic rings. The zero-order valence-corrected chi connectivity index (χ0v) is 13.3. The number of hydrogen-bond donors (Lipinski definition) is 1. The summed E-state index contributed by atoms with van der Waals surface area (Å²) in [5.74, 6) is -1.38. The maximum atomic E-state index is 12.3. The van der Waals surface area contributed by atoms with Crippen LogP contribution in [0.15, 0.2) is 41.3 Å². The predicted molar refractivity (Wildman–Crippen MR) is 81.9 cm³/mol. The van der Waals surface area contributed by atoms with E-state index in [4.69, 9.17) is 4.18 Å². The molecular weight excluding hydrogens is 304 g/mol. The average molecular weight is 320 g/mol. The molecule has 0 saturated carbocycles. The zero-order valence-electron chi connectivity index (χ0n) is 12.5. The van der Waals surface area contributed by atoms with Crippen molar-refractivity contribution in [2.75, 3.05) is 0 Å². The number of aryl methyl sites for hydroxylation is 2. The Labute approximate surface area is 129 Å². The standard InChI is InChI=1S/C16H16O5S/c1-10-4-7-13(8-5-10)22(19,20)21-15-12(3)11(2)6-9-14(15)16(17)18/h4-9H,1-3H3,(H,17,18). The molecule has 0 radical (unpaired) electrons. The van der Waals surface area contributed by atoms with E-state index in [-0.39, 0.29) is 16.2 Å². The van der Waals surface area contributed by atoms with Crippen molar-refractivity contribution in [3.05, 3.63) is 58.7 Å². The molecule has 5 nitrogen and oxygen atoms in total. The van der Waals surface area contributed by atoms with Crippen LogP contribution < -0.4 is 4.18 Å². The topological polar surface area (TPSA) is 80.7 Å². The van der Waals surface area contributed by atoms with Crippen LogP contribution in [0.4, 0.5) is 0 Å². The van der Waals surface area contributed by atoms with Gasteiger partial charge in [-0.05, 0) is 50.1 Å². The van der Waals surface area contributed by atoms with E-state index in [9.17, 15) is 18.3 Å². The quantitative estimate of drug-likeness (QED) is 0.876. The number of hydrogen-bond acceptors (Lipinski definition) is 4. The van der Waals surface area contributed by atoms with Crippen molar-refractivity contribution in [3.63, 3.8) is 0 Å². The molecule has 116 valence electrons. The van der Waals surface area contributed by atoms with Gasteiger partial charge in [0.2, 0.25) is 0 Å². The molecular formula is C16H16O5S. The molecule has 0 aromatic heterocycles. The Morgan fingerprint density at radius 3 is 2.14 bits per heavy atom. The summed E-state index contributed by atoms with van der Waals surface area (Å²) in [7, 11) is -4.09. The van der Waals surface area contributed by atoms with Crippen LogP contribution in [-0.4, -0.2) is 19.5 Å². The third kappa shape index (κ3) is 3.12. The molecule has 0 aliphatic rings. The lowest BCUT2D eigenvalue weighted by Crippen LogP contribution is -2.14. The Kier molecular flexibility index (Phi) is 4.23. The fourth-order valence-electron chi connectivity index (χ4n) is 1.93. The van der Waals surface area contributed by atoms with Crippen molar-refractivity contribution in [1.29, 1.82) is 0 Å². The number of rotatable bonds is 4. The Balaban J connectivity index is 2.52. The van der Waals surface area contributed by atoms with Crippen molar-refractivity contribution in [1.82, 2.24) is 0 Å². The lowest BCUT2D eigenvalue weighted by Gasteiger charge is -2.13. The van der Waals surface area contributed by atoms with E-state index in [1.165, 1.54) is 18.2 Å². The fraction of sp³-hybridized carbons (Fsp3) is 0.188. The van der Waals surface area contributed by atoms with Crippen molar-refractivity contribution in [2.45, 2.75) is 25.7 Å². The van der Waals surface area contributed by atoms with Crippen LogP contribution in [-0.2, 0) is 10.1 Å². The number of benzene rings is 2. The predicted octanol–water partition coefficient (Wildman–Crippen LogP) is 3.08. The Morgan fingerprint density at radius 1 is 1.00 bits per heavy atom. The van der Waals surface area contributed by atoms with Crippen LogP contribution in [0.3, 0.4) is 0 Å². The summed E-state index contributed by atoms with van der Waals surface area (Å²) < 4.78 is 29.8. The second kappa shape index (κ2) is 5.81. The number of carbonyl (C=O) groups is 1. The summed E-state index contributed by atoms with van der Waals surface area (Å²) in [6.45, 7) is 5.22. The first-order chi connectivity index (χ1) is 10.2. The van der Waals surface area contributed by atoms with Gasteiger partial charge < -0.3 is 9.29 Å². The van der Waals surface area contributed by atoms with Gasteiger partial charge in [0.1, 0.15) is 10.5 Å². The lowest BCUT2D eigenvalue weighted by atomic mass is 10.0. The Hall–Kier alpha value is -2.34. The minimum absolute atomic E-state index is 0.0182. The molecule has 0 bridgehead atoms. The highest BCUT2D eigenvalue weighted by molar-refractivity contribution is 7.87. The van der Waals surface area contributed by atoms with Gasteiger partial charge in [-0.3, -0.25) is 0 Å². The molecule has 0 saturated heterocycles. The van der Waals surface area contributed by atoms with Gasteiger partial charge in [0.15, 0.2) is 5.75 Å². The Morgan fingerprint density at radius 2 is 1.59 bits per heavy atom. The first-order valence-electron chi connectivity index (χ1n) is 6.57. The largest absolute Gasteiger partial charge is 0.478 e. The molecule has 2 aromatic carbocycles. The third-order valence-corrected chi connectivity index (χ3v) is 4.65. The molecule has 0 aliphatic carbocycles. The van der Waals surface area contributed by atoms with Gasteiger partial charge in [0.05, 0.1) is 0 Å². The second-order valence-corrected chi connectivity index (χ2v) is 6.59. The summed E-state index contributed by atoms with van der Waals surface area (Å²) >= 11 is 0. The average Bonchev–Trinajstić information content (AvgIpc) is 2.44. The van der Waals surface area contributed by atoms with Gasteiger partial charge in [0, 0.05) is 0 Å². The van der Waals surface area contributed by atoms with Crippen molar-refractivity contribution >= 4 is 16.1 Å². The van der Waals surface area contributed by atoms with E-state index in [0.29, 0.717) is 5.56 Å². The summed E-state index contributed by atoms with van der Waals surface area (Å²) in [6.07, 6.45) is 0. The number of carboxylic acid groups (broad SMARTS) is 1. The van der Waals surface area contributed by atoms with Gasteiger partial charge in [0.25, 0.3) is 0 Å². The zero-order chi connectivity index (χ0) is 16.5. The molecule has 0 fully saturated rings. The number of aromatic carboxylic acids is 1. The van der Waals surface area contributed by atoms with E-state index in [1.54, 1.807) is 32.0 Å². The number of carboxylic acids is 1. The van der Waals surface area contributed by atoms with E-state index in [1.807, 2.05) is 6.92 Å². The molecule has 0 spiro atoms. The second-order valence-electron chi connectivity index (χ2n) is 5.04. The van der Waals surface area contributed by atoms with Crippen molar-refractivity contribution in [3.8, 4) is 5.75 Å². The molecule has 0 unspecified atom stereocenters. The van der Waals surface area contributed by atoms with E-state index >= 15 is 0 Å². The monoisotopic (exact) mass is 320 g/mol. The summed E-state index contributed by atoms with van der Waals surface area (Å²) in [6, 6.07) is 9.11. The summed E-state index contributed by atoms with van der Waals surface area (Å²) in [4.78, 5) is 11.3. The highest BCUT2D eigenvalue weighted by Crippen LogP contribution is 2.29. The van der Waals surface area contributed by atoms with Crippen LogP contribution >= 0.6 is 0 Å². The molecule has 22 heavy (non-hydrogen) atoms. The maximum absolute atomic E-state index is 12.3. The van der Waals surface area contributed by atoms with Gasteiger partial charge in [-0.1, -0.05) is 23.8 Å². The normalized spacial score (nSPS) is 11.2. The molecule has 0 heterocycles. The van der Waals surface area contributed by atoms with E-state index in [0.717, 1.165) is 11.1 Å². The maximum Gasteiger partial charge on any atom is 0.339 e. The molecule has 0 amide bonds. The molecule has 0 aliphatic heterocycles. The fourth-order valence-corrected chi connectivity index (χ4v) is 2.93. The highest BCUT2D eigenvalue weighted by atomic mass is 32.2. The molecule has 1 N–H and O–H groups in total. The summed E-state index contributed by atoms with van der Waals surface area (Å²) in [5.41, 5.74) is 1.96. The van der Waals surface area contributed by atoms with Gasteiger partial charge in [-0.25, -0.2) is 4.79 Å². The van der Waals surface area contributed by atoms with Crippen LogP contribution in [0.2, 0.25) is 0 Å². The highest BCUT2D eigenvalue weighted by Gasteiger charge is 2.23. The molecule has 6 heteroatoms. The SMILES string of the molecule is Cc1ccc(S(=O)(=O)Oc2c(C(=O)O)ccc(C)c2C)cc1. The minimum atomic E-state index is -4.09. The Bertz CT molecular complexity index is 820. The van der Waals surface area contributed by atoms with Gasteiger partial charge in [-0.2, -0.15) is 8.42 Å². The van der Waals surface area contributed by atoms with Crippen LogP contribution in [0.25, 0.3) is 0 Å².